The molecule has 13 heteroatoms. The van der Waals surface area contributed by atoms with Gasteiger partial charge in [0, 0.05) is 5.56 Å². The lowest BCUT2D eigenvalue weighted by Crippen LogP contribution is -2.12. The van der Waals surface area contributed by atoms with Crippen molar-refractivity contribution in [2.45, 2.75) is 18.2 Å². The Morgan fingerprint density at radius 1 is 0.704 bits per heavy atom. The third kappa shape index (κ3) is 3.32. The predicted molar refractivity (Wildman–Crippen MR) is 70.0 cm³/mol. The Kier molecular flexibility index (Phi) is 5.39. The highest BCUT2D eigenvalue weighted by molar-refractivity contribution is 7.85. The van der Waals surface area contributed by atoms with Crippen molar-refractivity contribution in [3.8, 4) is 11.5 Å². The molecule has 0 saturated carbocycles. The lowest BCUT2D eigenvalue weighted by atomic mass is 10.1. The second kappa shape index (κ2) is 6.96. The van der Waals surface area contributed by atoms with Crippen molar-refractivity contribution >= 4 is 10.1 Å². The maximum absolute atomic E-state index is 13.8. The van der Waals surface area contributed by atoms with Gasteiger partial charge in [0.15, 0.2) is 23.3 Å². The Morgan fingerprint density at radius 3 is 1.33 bits per heavy atom. The molecule has 0 fully saturated rings. The highest BCUT2D eigenvalue weighted by Gasteiger charge is 2.33. The van der Waals surface area contributed by atoms with Crippen LogP contribution in [0.1, 0.15) is 12.5 Å². The van der Waals surface area contributed by atoms with Gasteiger partial charge < -0.3 is 9.29 Å². The summed E-state index contributed by atoms with van der Waals surface area (Å²) < 4.78 is 146. The first kappa shape index (κ1) is 20.9. The molecule has 0 aliphatic rings. The Labute approximate surface area is 145 Å². The lowest BCUT2D eigenvalue weighted by Gasteiger charge is -2.16. The zero-order chi connectivity index (χ0) is 20.8. The van der Waals surface area contributed by atoms with Gasteiger partial charge in [-0.3, -0.25) is 0 Å². The fourth-order valence-corrected chi connectivity index (χ4v) is 2.68. The highest BCUT2D eigenvalue weighted by Crippen LogP contribution is 2.38. The third-order valence-electron chi connectivity index (χ3n) is 3.30. The molecule has 2 aromatic rings. The molecule has 0 aromatic heterocycles. The number of benzene rings is 2. The molecule has 0 aliphatic heterocycles. The normalized spacial score (nSPS) is 11.8. The van der Waals surface area contributed by atoms with E-state index in [2.05, 4.69) is 4.74 Å². The molecular weight excluding hydrogens is 416 g/mol. The van der Waals surface area contributed by atoms with Gasteiger partial charge in [-0.15, -0.1) is 0 Å². The molecule has 0 heterocycles. The van der Waals surface area contributed by atoms with Crippen molar-refractivity contribution in [3.63, 3.8) is 0 Å². The highest BCUT2D eigenvalue weighted by atomic mass is 32.2. The molecule has 0 amide bonds. The van der Waals surface area contributed by atoms with E-state index >= 15 is 0 Å². The van der Waals surface area contributed by atoms with Crippen molar-refractivity contribution in [1.29, 1.82) is 0 Å². The van der Waals surface area contributed by atoms with Gasteiger partial charge in [0.25, 0.3) is 0 Å². The minimum atomic E-state index is -6.04. The molecule has 2 rings (SSSR count). The van der Waals surface area contributed by atoms with Crippen LogP contribution in [-0.2, 0) is 16.5 Å². The van der Waals surface area contributed by atoms with E-state index in [4.69, 9.17) is 0 Å². The van der Waals surface area contributed by atoms with E-state index in [-0.39, 0.29) is 0 Å². The minimum absolute atomic E-state index is 0.534. The number of ether oxygens (including phenoxy) is 1. The summed E-state index contributed by atoms with van der Waals surface area (Å²) >= 11 is 0. The zero-order valence-corrected chi connectivity index (χ0v) is 13.6. The average molecular weight is 421 g/mol. The van der Waals surface area contributed by atoms with Gasteiger partial charge in [0.05, 0.1) is 0 Å². The predicted octanol–water partition coefficient (Wildman–Crippen LogP) is 4.06. The molecule has 0 spiro atoms. The smallest absolute Gasteiger partial charge is 0.205 e. The molecule has 0 aliphatic carbocycles. The van der Waals surface area contributed by atoms with Gasteiger partial charge in [-0.2, -0.15) is 17.6 Å². The molecule has 0 N–H and O–H groups in total. The van der Waals surface area contributed by atoms with Gasteiger partial charge >= 0.3 is 0 Å². The van der Waals surface area contributed by atoms with E-state index < -0.39 is 85.0 Å². The summed E-state index contributed by atoms with van der Waals surface area (Å²) in [6, 6.07) is 0. The van der Waals surface area contributed by atoms with Gasteiger partial charge in [-0.05, 0) is 6.42 Å². The van der Waals surface area contributed by atoms with Crippen molar-refractivity contribution in [3.05, 3.63) is 52.1 Å². The van der Waals surface area contributed by atoms with Crippen LogP contribution >= 0.6 is 0 Å². The number of hydrogen-bond donors (Lipinski definition) is 0. The third-order valence-corrected chi connectivity index (χ3v) is 4.16. The molecule has 27 heavy (non-hydrogen) atoms. The molecule has 0 atom stereocenters. The van der Waals surface area contributed by atoms with Gasteiger partial charge in [0.2, 0.25) is 34.8 Å². The summed E-state index contributed by atoms with van der Waals surface area (Å²) in [5, 5.41) is 0. The number of rotatable bonds is 4. The molecule has 148 valence electrons. The quantitative estimate of drug-likeness (QED) is 0.424. The monoisotopic (exact) mass is 421 g/mol. The van der Waals surface area contributed by atoms with Crippen molar-refractivity contribution in [2.24, 2.45) is 0 Å². The fourth-order valence-electron chi connectivity index (χ4n) is 2.06. The second-order valence-electron chi connectivity index (χ2n) is 4.89. The molecule has 0 saturated heterocycles. The molecule has 2 aromatic carbocycles. The van der Waals surface area contributed by atoms with Crippen LogP contribution in [0.4, 0.5) is 35.1 Å². The Bertz CT molecular complexity index is 994. The van der Waals surface area contributed by atoms with Crippen LogP contribution < -0.4 is 4.74 Å². The molecule has 0 radical (unpaired) electrons. The lowest BCUT2D eigenvalue weighted by molar-refractivity contribution is 0.313. The second-order valence-corrected chi connectivity index (χ2v) is 6.20. The molecule has 0 bridgehead atoms. The van der Waals surface area contributed by atoms with Crippen LogP contribution in [0.5, 0.6) is 11.5 Å². The topological polar surface area (TPSA) is 66.4 Å². The summed E-state index contributed by atoms with van der Waals surface area (Å²) in [4.78, 5) is -2.55. The van der Waals surface area contributed by atoms with Gasteiger partial charge in [0.1, 0.15) is 15.0 Å². The van der Waals surface area contributed by atoms with Crippen LogP contribution in [-0.4, -0.2) is 13.0 Å². The number of hydrogen-bond acceptors (Lipinski definition) is 4. The number of halogens is 8. The van der Waals surface area contributed by atoms with Crippen molar-refractivity contribution < 1.29 is 52.8 Å². The Hall–Kier alpha value is -2.41. The Balaban J connectivity index is 2.78. The average Bonchev–Trinajstić information content (AvgIpc) is 2.57. The van der Waals surface area contributed by atoms with E-state index in [1.54, 1.807) is 0 Å². The largest absolute Gasteiger partial charge is 0.744 e. The van der Waals surface area contributed by atoms with Crippen LogP contribution in [0.2, 0.25) is 0 Å². The van der Waals surface area contributed by atoms with Gasteiger partial charge in [-0.25, -0.2) is 26.0 Å². The first-order chi connectivity index (χ1) is 12.3. The summed E-state index contributed by atoms with van der Waals surface area (Å²) in [6.07, 6.45) is -0.534. The first-order valence-corrected chi connectivity index (χ1v) is 8.09. The van der Waals surface area contributed by atoms with Gasteiger partial charge in [-0.1, -0.05) is 6.92 Å². The minimum Gasteiger partial charge on any atom is -0.744 e. The summed E-state index contributed by atoms with van der Waals surface area (Å²) in [6.45, 7) is 1.12. The van der Waals surface area contributed by atoms with E-state index in [0.717, 1.165) is 6.92 Å². The van der Waals surface area contributed by atoms with Crippen LogP contribution in [0, 0.1) is 46.5 Å². The Morgan fingerprint density at radius 2 is 1.04 bits per heavy atom. The maximum Gasteiger partial charge on any atom is 0.205 e. The molecule has 0 unspecified atom stereocenters. The first-order valence-electron chi connectivity index (χ1n) is 6.68. The zero-order valence-electron chi connectivity index (χ0n) is 12.8. The fraction of sp³-hybridized carbons (Fsp3) is 0.143. The molecular formula is C14H5F8O4S-. The van der Waals surface area contributed by atoms with E-state index in [0.29, 0.717) is 0 Å². The summed E-state index contributed by atoms with van der Waals surface area (Å²) in [5.74, 6) is -23.8. The van der Waals surface area contributed by atoms with Crippen molar-refractivity contribution in [1.82, 2.24) is 0 Å². The summed E-state index contributed by atoms with van der Waals surface area (Å²) in [5.41, 5.74) is -1.08. The summed E-state index contributed by atoms with van der Waals surface area (Å²) in [7, 11) is -6.04. The van der Waals surface area contributed by atoms with E-state index in [1.807, 2.05) is 0 Å². The van der Waals surface area contributed by atoms with Crippen LogP contribution in [0.15, 0.2) is 4.90 Å². The maximum atomic E-state index is 13.8. The van der Waals surface area contributed by atoms with Crippen molar-refractivity contribution in [2.75, 3.05) is 0 Å². The van der Waals surface area contributed by atoms with E-state index in [9.17, 15) is 48.1 Å². The standard InChI is InChI=1S/C14H6F8O4S/c1-2-3-4(15)6(17)12(7(18)5(3)16)26-13-8(19)10(21)14(27(23,24)25)11(22)9(13)20/h2H2,1H3,(H,23,24,25)/p-1. The van der Waals surface area contributed by atoms with E-state index in [1.165, 1.54) is 0 Å². The molecule has 4 nitrogen and oxygen atoms in total. The van der Waals surface area contributed by atoms with Crippen LogP contribution in [0.25, 0.3) is 0 Å². The SMILES string of the molecule is CCc1c(F)c(F)c(Oc2c(F)c(F)c(S(=O)(=O)[O-])c(F)c2F)c(F)c1F. The van der Waals surface area contributed by atoms with Crippen LogP contribution in [0.3, 0.4) is 0 Å².